The predicted molar refractivity (Wildman–Crippen MR) is 45.3 cm³/mol. The van der Waals surface area contributed by atoms with Gasteiger partial charge in [-0.25, -0.2) is 10.3 Å². The third-order valence-corrected chi connectivity index (χ3v) is 1.60. The second-order valence-corrected chi connectivity index (χ2v) is 2.39. The maximum Gasteiger partial charge on any atom is 0.357 e. The monoisotopic (exact) mass is 196 g/mol. The summed E-state index contributed by atoms with van der Waals surface area (Å²) in [5.74, 6) is 3.03. The Morgan fingerprint density at radius 2 is 1.86 bits per heavy atom. The molecule has 74 valence electrons. The molecule has 1 aromatic rings. The van der Waals surface area contributed by atoms with E-state index in [0.717, 1.165) is 0 Å². The van der Waals surface area contributed by atoms with Crippen LogP contribution in [0, 0.1) is 0 Å². The van der Waals surface area contributed by atoms with Gasteiger partial charge in [-0.15, -0.1) is 0 Å². The quantitative estimate of drug-likeness (QED) is 0.450. The molecule has 0 atom stereocenters. The molecule has 0 unspecified atom stereocenters. The zero-order valence-corrected chi connectivity index (χ0v) is 7.06. The van der Waals surface area contributed by atoms with E-state index in [1.807, 2.05) is 0 Å². The topological polar surface area (TPSA) is 102 Å². The van der Waals surface area contributed by atoms with Crippen molar-refractivity contribution in [1.29, 1.82) is 0 Å². The minimum Gasteiger partial charge on any atom is -0.370 e. The summed E-state index contributed by atoms with van der Waals surface area (Å²) in [5.41, 5.74) is 1.39. The van der Waals surface area contributed by atoms with Gasteiger partial charge in [-0.05, 0) is 12.1 Å². The summed E-state index contributed by atoms with van der Waals surface area (Å²) in [7, 11) is 0. The molecular weight excluding hydrogens is 188 g/mol. The first-order chi connectivity index (χ1) is 6.70. The molecule has 6 heteroatoms. The molecule has 0 radical (unpaired) electrons. The van der Waals surface area contributed by atoms with Gasteiger partial charge in [-0.3, -0.25) is 10.0 Å². The summed E-state index contributed by atoms with van der Waals surface area (Å²) in [6, 6.07) is 5.80. The SMILES string of the molecule is NOC(=O)c1ccccc1C(=O)NO. The van der Waals surface area contributed by atoms with Crippen LogP contribution in [0.5, 0.6) is 0 Å². The molecule has 1 rings (SSSR count). The van der Waals surface area contributed by atoms with E-state index < -0.39 is 11.9 Å². The third-order valence-electron chi connectivity index (χ3n) is 1.60. The Kier molecular flexibility index (Phi) is 3.16. The van der Waals surface area contributed by atoms with Crippen LogP contribution in [0.3, 0.4) is 0 Å². The van der Waals surface area contributed by atoms with Crippen molar-refractivity contribution in [2.75, 3.05) is 0 Å². The summed E-state index contributed by atoms with van der Waals surface area (Å²) < 4.78 is 0. The number of carbonyl (C=O) groups is 2. The summed E-state index contributed by atoms with van der Waals surface area (Å²) in [6.45, 7) is 0. The van der Waals surface area contributed by atoms with Gasteiger partial charge < -0.3 is 4.84 Å². The van der Waals surface area contributed by atoms with Gasteiger partial charge in [0.05, 0.1) is 11.1 Å². The standard InChI is InChI=1S/C8H8N2O4/c9-14-8(12)6-4-2-1-3-5(6)7(11)10-13/h1-4,13H,9H2,(H,10,11). The summed E-state index contributed by atoms with van der Waals surface area (Å²) in [6.07, 6.45) is 0. The Hall–Kier alpha value is -1.92. The number of amides is 1. The average molecular weight is 196 g/mol. The van der Waals surface area contributed by atoms with Gasteiger partial charge in [-0.2, -0.15) is 5.90 Å². The van der Waals surface area contributed by atoms with Gasteiger partial charge in [-0.1, -0.05) is 12.1 Å². The fourth-order valence-corrected chi connectivity index (χ4v) is 0.983. The third kappa shape index (κ3) is 1.87. The van der Waals surface area contributed by atoms with Crippen molar-refractivity contribution in [2.45, 2.75) is 0 Å². The lowest BCUT2D eigenvalue weighted by molar-refractivity contribution is 0.0496. The molecule has 1 aromatic carbocycles. The molecule has 0 aliphatic heterocycles. The second kappa shape index (κ2) is 4.35. The molecule has 6 nitrogen and oxygen atoms in total. The molecular formula is C8H8N2O4. The summed E-state index contributed by atoms with van der Waals surface area (Å²) in [5, 5.41) is 8.38. The molecule has 0 heterocycles. The summed E-state index contributed by atoms with van der Waals surface area (Å²) >= 11 is 0. The number of benzene rings is 1. The Labute approximate surface area is 79.2 Å². The van der Waals surface area contributed by atoms with E-state index in [-0.39, 0.29) is 11.1 Å². The molecule has 0 aromatic heterocycles. The van der Waals surface area contributed by atoms with Crippen LogP contribution in [0.4, 0.5) is 0 Å². The van der Waals surface area contributed by atoms with Gasteiger partial charge in [0.2, 0.25) is 0 Å². The molecule has 0 saturated carbocycles. The molecule has 0 bridgehead atoms. The number of nitrogens with one attached hydrogen (secondary N) is 1. The fourth-order valence-electron chi connectivity index (χ4n) is 0.983. The van der Waals surface area contributed by atoms with E-state index in [9.17, 15) is 9.59 Å². The predicted octanol–water partition coefficient (Wildman–Crippen LogP) is -0.164. The van der Waals surface area contributed by atoms with Crippen molar-refractivity contribution in [2.24, 2.45) is 5.90 Å². The second-order valence-electron chi connectivity index (χ2n) is 2.39. The number of carbonyl (C=O) groups excluding carboxylic acids is 2. The van der Waals surface area contributed by atoms with Crippen molar-refractivity contribution < 1.29 is 19.6 Å². The Bertz CT molecular complexity index is 329. The van der Waals surface area contributed by atoms with Crippen LogP contribution in [0.25, 0.3) is 0 Å². The van der Waals surface area contributed by atoms with Gasteiger partial charge in [0.25, 0.3) is 5.91 Å². The van der Waals surface area contributed by atoms with Gasteiger partial charge in [0, 0.05) is 0 Å². The highest BCUT2D eigenvalue weighted by Crippen LogP contribution is 2.09. The number of rotatable bonds is 2. The zero-order valence-electron chi connectivity index (χ0n) is 7.06. The highest BCUT2D eigenvalue weighted by Gasteiger charge is 2.16. The molecule has 0 spiro atoms. The fraction of sp³-hybridized carbons (Fsp3) is 0. The minimum absolute atomic E-state index is 0.00884. The smallest absolute Gasteiger partial charge is 0.357 e. The number of nitrogens with two attached hydrogens (primary N) is 1. The van der Waals surface area contributed by atoms with E-state index in [1.54, 1.807) is 6.07 Å². The molecule has 0 aliphatic rings. The molecule has 1 amide bonds. The zero-order chi connectivity index (χ0) is 10.6. The Morgan fingerprint density at radius 3 is 2.36 bits per heavy atom. The highest BCUT2D eigenvalue weighted by atomic mass is 16.7. The highest BCUT2D eigenvalue weighted by molar-refractivity contribution is 6.04. The first-order valence-electron chi connectivity index (χ1n) is 3.65. The van der Waals surface area contributed by atoms with Gasteiger partial charge in [0.15, 0.2) is 0 Å². The lowest BCUT2D eigenvalue weighted by atomic mass is 10.1. The summed E-state index contributed by atoms with van der Waals surface area (Å²) in [4.78, 5) is 26.1. The Balaban J connectivity index is 3.15. The molecule has 0 fully saturated rings. The van der Waals surface area contributed by atoms with Crippen molar-refractivity contribution in [3.05, 3.63) is 35.4 Å². The van der Waals surface area contributed by atoms with E-state index in [2.05, 4.69) is 10.7 Å². The van der Waals surface area contributed by atoms with E-state index >= 15 is 0 Å². The van der Waals surface area contributed by atoms with E-state index in [1.165, 1.54) is 23.7 Å². The Morgan fingerprint density at radius 1 is 1.29 bits per heavy atom. The van der Waals surface area contributed by atoms with Crippen LogP contribution >= 0.6 is 0 Å². The van der Waals surface area contributed by atoms with Crippen LogP contribution in [-0.4, -0.2) is 17.1 Å². The van der Waals surface area contributed by atoms with Crippen molar-refractivity contribution in [3.63, 3.8) is 0 Å². The number of hydroxylamine groups is 1. The van der Waals surface area contributed by atoms with Crippen molar-refractivity contribution in [1.82, 2.24) is 5.48 Å². The van der Waals surface area contributed by atoms with Crippen LogP contribution in [-0.2, 0) is 4.84 Å². The van der Waals surface area contributed by atoms with E-state index in [0.29, 0.717) is 0 Å². The van der Waals surface area contributed by atoms with Gasteiger partial charge >= 0.3 is 5.97 Å². The first-order valence-corrected chi connectivity index (χ1v) is 3.65. The van der Waals surface area contributed by atoms with Crippen LogP contribution in [0.2, 0.25) is 0 Å². The van der Waals surface area contributed by atoms with Crippen LogP contribution in [0.1, 0.15) is 20.7 Å². The lowest BCUT2D eigenvalue weighted by Crippen LogP contribution is -2.23. The van der Waals surface area contributed by atoms with Crippen LogP contribution < -0.4 is 11.4 Å². The lowest BCUT2D eigenvalue weighted by Gasteiger charge is -2.04. The minimum atomic E-state index is -0.843. The molecule has 4 N–H and O–H groups in total. The van der Waals surface area contributed by atoms with Crippen molar-refractivity contribution >= 4 is 11.9 Å². The molecule has 0 saturated heterocycles. The van der Waals surface area contributed by atoms with Crippen molar-refractivity contribution in [3.8, 4) is 0 Å². The van der Waals surface area contributed by atoms with Gasteiger partial charge in [0.1, 0.15) is 0 Å². The molecule has 0 aliphatic carbocycles. The number of hydrogen-bond acceptors (Lipinski definition) is 5. The average Bonchev–Trinajstić information content (AvgIpc) is 2.27. The molecule has 14 heavy (non-hydrogen) atoms. The first kappa shape index (κ1) is 10.2. The van der Waals surface area contributed by atoms with E-state index in [4.69, 9.17) is 5.21 Å². The normalized spacial score (nSPS) is 9.29. The maximum atomic E-state index is 11.0. The van der Waals surface area contributed by atoms with Crippen LogP contribution in [0.15, 0.2) is 24.3 Å². The maximum absolute atomic E-state index is 11.0. The largest absolute Gasteiger partial charge is 0.370 e. The number of hydrogen-bond donors (Lipinski definition) is 3.